The highest BCUT2D eigenvalue weighted by molar-refractivity contribution is 5.65. The molecule has 23 heavy (non-hydrogen) atoms. The number of likely N-dealkylation sites (N-methyl/N-ethyl adjacent to an activating group) is 1. The van der Waals surface area contributed by atoms with Crippen LogP contribution < -0.4 is 16.0 Å². The van der Waals surface area contributed by atoms with Crippen LogP contribution in [0.1, 0.15) is 0 Å². The third-order valence-corrected chi connectivity index (χ3v) is 3.91. The molecule has 1 saturated heterocycles. The lowest BCUT2D eigenvalue weighted by atomic mass is 10.2. The number of benzene rings is 1. The van der Waals surface area contributed by atoms with E-state index in [1.165, 1.54) is 11.9 Å². The van der Waals surface area contributed by atoms with Crippen molar-refractivity contribution in [1.29, 1.82) is 0 Å². The summed E-state index contributed by atoms with van der Waals surface area (Å²) in [5.41, 5.74) is 8.07. The van der Waals surface area contributed by atoms with Crippen LogP contribution in [-0.4, -0.2) is 48.1 Å². The highest BCUT2D eigenvalue weighted by atomic mass is 15.2. The van der Waals surface area contributed by atoms with Crippen LogP contribution in [0.15, 0.2) is 30.5 Å². The van der Waals surface area contributed by atoms with Crippen LogP contribution >= 0.6 is 0 Å². The van der Waals surface area contributed by atoms with Crippen molar-refractivity contribution in [1.82, 2.24) is 14.9 Å². The molecule has 0 radical (unpaired) electrons. The third kappa shape index (κ3) is 3.49. The maximum atomic E-state index is 6.95. The average Bonchev–Trinajstić information content (AvgIpc) is 2.57. The first-order chi connectivity index (χ1) is 11.2. The van der Waals surface area contributed by atoms with E-state index in [1.54, 1.807) is 0 Å². The molecular weight excluding hydrogens is 290 g/mol. The molecule has 7 nitrogen and oxygen atoms in total. The number of nitrogen functional groups attached to an aromatic ring is 1. The van der Waals surface area contributed by atoms with Crippen LogP contribution in [0.25, 0.3) is 4.85 Å². The quantitative estimate of drug-likeness (QED) is 0.846. The Morgan fingerprint density at radius 3 is 2.48 bits per heavy atom. The number of hydrogen-bond acceptors (Lipinski definition) is 6. The number of piperazine rings is 1. The second-order valence-electron chi connectivity index (χ2n) is 5.54. The minimum atomic E-state index is 0.187. The molecule has 0 spiro atoms. The van der Waals surface area contributed by atoms with Gasteiger partial charge in [0.15, 0.2) is 0 Å². The molecule has 3 rings (SSSR count). The van der Waals surface area contributed by atoms with Crippen LogP contribution in [0, 0.1) is 6.57 Å². The number of nitrogens with one attached hydrogen (secondary N) is 1. The Labute approximate surface area is 135 Å². The maximum absolute atomic E-state index is 6.95. The van der Waals surface area contributed by atoms with Crippen LogP contribution in [-0.2, 0) is 0 Å². The Bertz CT molecular complexity index is 712. The van der Waals surface area contributed by atoms with Crippen molar-refractivity contribution >= 4 is 28.8 Å². The smallest absolute Gasteiger partial charge is 0.245 e. The molecule has 1 aliphatic rings. The van der Waals surface area contributed by atoms with Crippen LogP contribution in [0.3, 0.4) is 0 Å². The van der Waals surface area contributed by atoms with Crippen molar-refractivity contribution in [2.45, 2.75) is 0 Å². The third-order valence-electron chi connectivity index (χ3n) is 3.91. The van der Waals surface area contributed by atoms with E-state index in [2.05, 4.69) is 49.1 Å². The molecule has 1 aromatic carbocycles. The second kappa shape index (κ2) is 6.50. The fraction of sp³-hybridized carbons (Fsp3) is 0.312. The highest BCUT2D eigenvalue weighted by Gasteiger charge is 2.14. The van der Waals surface area contributed by atoms with Gasteiger partial charge in [-0.1, -0.05) is 0 Å². The summed E-state index contributed by atoms with van der Waals surface area (Å²) in [6, 6.07) is 8.17. The molecule has 118 valence electrons. The van der Waals surface area contributed by atoms with Gasteiger partial charge in [0.1, 0.15) is 5.82 Å². The fourth-order valence-corrected chi connectivity index (χ4v) is 2.48. The summed E-state index contributed by atoms with van der Waals surface area (Å²) in [7, 11) is 2.15. The Morgan fingerprint density at radius 1 is 1.17 bits per heavy atom. The summed E-state index contributed by atoms with van der Waals surface area (Å²) in [5.74, 6) is 0.578. The molecule has 0 atom stereocenters. The predicted molar refractivity (Wildman–Crippen MR) is 92.1 cm³/mol. The molecular formula is C16H19N7. The van der Waals surface area contributed by atoms with E-state index in [9.17, 15) is 0 Å². The largest absolute Gasteiger partial charge is 0.392 e. The van der Waals surface area contributed by atoms with Gasteiger partial charge in [-0.2, -0.15) is 0 Å². The zero-order valence-corrected chi connectivity index (χ0v) is 13.0. The van der Waals surface area contributed by atoms with Crippen molar-refractivity contribution in [3.63, 3.8) is 0 Å². The molecule has 0 saturated carbocycles. The van der Waals surface area contributed by atoms with Gasteiger partial charge in [-0.25, -0.2) is 14.8 Å². The summed E-state index contributed by atoms with van der Waals surface area (Å²) in [6.07, 6.45) is 1.43. The van der Waals surface area contributed by atoms with Crippen LogP contribution in [0.5, 0.6) is 0 Å². The van der Waals surface area contributed by atoms with Crippen molar-refractivity contribution in [3.05, 3.63) is 41.9 Å². The molecule has 2 aromatic rings. The molecule has 7 heteroatoms. The Balaban J connectivity index is 1.68. The van der Waals surface area contributed by atoms with E-state index in [0.717, 1.165) is 31.9 Å². The van der Waals surface area contributed by atoms with Gasteiger partial charge in [0.05, 0.1) is 6.57 Å². The summed E-state index contributed by atoms with van der Waals surface area (Å²) < 4.78 is 0. The summed E-state index contributed by atoms with van der Waals surface area (Å²) in [5, 5.41) is 3.10. The number of aromatic nitrogens is 2. The standard InChI is InChI=1S/C16H19N7/c1-18-14-11-19-16(21-15(14)17)20-12-3-5-13(6-4-12)23-9-7-22(2)8-10-23/h3-6,11H,7-10H2,2H3,(H3,17,19,20,21). The minimum Gasteiger partial charge on any atom is -0.392 e. The fourth-order valence-electron chi connectivity index (χ4n) is 2.48. The Hall–Kier alpha value is -2.85. The first-order valence-corrected chi connectivity index (χ1v) is 7.46. The molecule has 1 aromatic heterocycles. The minimum absolute atomic E-state index is 0.187. The number of rotatable bonds is 3. The highest BCUT2D eigenvalue weighted by Crippen LogP contribution is 2.23. The molecule has 1 aliphatic heterocycles. The van der Waals surface area contributed by atoms with Crippen LogP contribution in [0.4, 0.5) is 28.8 Å². The van der Waals surface area contributed by atoms with E-state index in [0.29, 0.717) is 5.95 Å². The van der Waals surface area contributed by atoms with E-state index in [1.807, 2.05) is 12.1 Å². The number of nitrogens with zero attached hydrogens (tertiary/aromatic N) is 5. The van der Waals surface area contributed by atoms with Crippen LogP contribution in [0.2, 0.25) is 0 Å². The van der Waals surface area contributed by atoms with Gasteiger partial charge in [-0.15, -0.1) is 0 Å². The number of nitrogens with two attached hydrogens (primary N) is 1. The van der Waals surface area contributed by atoms with Gasteiger partial charge in [0.25, 0.3) is 0 Å². The van der Waals surface area contributed by atoms with Gasteiger partial charge < -0.3 is 20.9 Å². The number of anilines is 4. The van der Waals surface area contributed by atoms with Gasteiger partial charge in [0.2, 0.25) is 11.6 Å². The summed E-state index contributed by atoms with van der Waals surface area (Å²) in [4.78, 5) is 16.1. The van der Waals surface area contributed by atoms with E-state index < -0.39 is 0 Å². The van der Waals surface area contributed by atoms with Gasteiger partial charge in [-0.05, 0) is 31.3 Å². The molecule has 0 amide bonds. The summed E-state index contributed by atoms with van der Waals surface area (Å²) in [6.45, 7) is 11.2. The van der Waals surface area contributed by atoms with E-state index >= 15 is 0 Å². The van der Waals surface area contributed by atoms with E-state index in [-0.39, 0.29) is 11.5 Å². The zero-order chi connectivity index (χ0) is 16.2. The lowest BCUT2D eigenvalue weighted by Gasteiger charge is -2.34. The average molecular weight is 309 g/mol. The molecule has 1 fully saturated rings. The summed E-state index contributed by atoms with van der Waals surface area (Å²) >= 11 is 0. The molecule has 2 heterocycles. The molecule has 0 aliphatic carbocycles. The van der Waals surface area contributed by atoms with Gasteiger partial charge in [-0.3, -0.25) is 0 Å². The first-order valence-electron chi connectivity index (χ1n) is 7.46. The maximum Gasteiger partial charge on any atom is 0.245 e. The molecule has 0 unspecified atom stereocenters. The lowest BCUT2D eigenvalue weighted by molar-refractivity contribution is 0.313. The monoisotopic (exact) mass is 309 g/mol. The Morgan fingerprint density at radius 2 is 1.87 bits per heavy atom. The second-order valence-corrected chi connectivity index (χ2v) is 5.54. The predicted octanol–water partition coefficient (Wildman–Crippen LogP) is 2.10. The lowest BCUT2D eigenvalue weighted by Crippen LogP contribution is -2.44. The van der Waals surface area contributed by atoms with E-state index in [4.69, 9.17) is 12.3 Å². The van der Waals surface area contributed by atoms with Crippen molar-refractivity contribution < 1.29 is 0 Å². The van der Waals surface area contributed by atoms with Crippen molar-refractivity contribution in [3.8, 4) is 0 Å². The first kappa shape index (κ1) is 15.1. The number of hydrogen-bond donors (Lipinski definition) is 2. The Kier molecular flexibility index (Phi) is 4.26. The van der Waals surface area contributed by atoms with Gasteiger partial charge in [0, 0.05) is 43.8 Å². The van der Waals surface area contributed by atoms with Crippen molar-refractivity contribution in [2.75, 3.05) is 49.2 Å². The normalized spacial score (nSPS) is 15.2. The SMILES string of the molecule is [C-]#[N+]c1cnc(Nc2ccc(N3CCN(C)CC3)cc2)nc1N. The van der Waals surface area contributed by atoms with Gasteiger partial charge >= 0.3 is 0 Å². The topological polar surface area (TPSA) is 74.7 Å². The van der Waals surface area contributed by atoms with Crippen molar-refractivity contribution in [2.24, 2.45) is 0 Å². The zero-order valence-electron chi connectivity index (χ0n) is 13.0. The molecule has 0 bridgehead atoms. The molecule has 3 N–H and O–H groups in total.